The molecular formula is C10H9Na3O11. The molecule has 0 bridgehead atoms. The zero-order chi connectivity index (χ0) is 17.2. The van der Waals surface area contributed by atoms with Crippen molar-refractivity contribution in [3.8, 4) is 0 Å². The number of rotatable bonds is 7. The maximum Gasteiger partial charge on any atom is 1.00 e. The van der Waals surface area contributed by atoms with Gasteiger partial charge in [0.25, 0.3) is 0 Å². The summed E-state index contributed by atoms with van der Waals surface area (Å²) in [5.41, 5.74) is -2.80. The van der Waals surface area contributed by atoms with Gasteiger partial charge in [0.15, 0.2) is 5.60 Å². The van der Waals surface area contributed by atoms with Crippen LogP contribution in [0.4, 0.5) is 0 Å². The van der Waals surface area contributed by atoms with Crippen molar-refractivity contribution in [2.75, 3.05) is 0 Å². The molecule has 0 spiro atoms. The predicted molar refractivity (Wildman–Crippen MR) is 53.6 cm³/mol. The molecule has 0 aliphatic rings. The first-order valence-corrected chi connectivity index (χ1v) is 4.88. The number of aliphatic hydroxyl groups is 1. The number of carboxylic acid groups (broad SMARTS) is 5. The summed E-state index contributed by atoms with van der Waals surface area (Å²) < 4.78 is 0. The van der Waals surface area contributed by atoms with Gasteiger partial charge in [0.05, 0.1) is 18.4 Å². The molecule has 0 radical (unpaired) electrons. The molecule has 0 aromatic heterocycles. The molecule has 0 aliphatic carbocycles. The summed E-state index contributed by atoms with van der Waals surface area (Å²) in [5.74, 6) is -8.43. The Labute approximate surface area is 201 Å². The van der Waals surface area contributed by atoms with E-state index in [2.05, 4.69) is 0 Å². The zero-order valence-electron chi connectivity index (χ0n) is 13.2. The molecule has 118 valence electrons. The minimum absolute atomic E-state index is 0. The SMILES string of the molecule is O=C([O-])/C=C/C(=O)[O-].O=C([O-])CC(O)(CC(=O)O)C(=O)O.[Na+].[Na+].[Na+]. The van der Waals surface area contributed by atoms with Crippen molar-refractivity contribution in [2.24, 2.45) is 0 Å². The van der Waals surface area contributed by atoms with Gasteiger partial charge in [-0.2, -0.15) is 0 Å². The van der Waals surface area contributed by atoms with E-state index in [9.17, 15) is 39.3 Å². The number of carboxylic acids is 5. The molecule has 1 unspecified atom stereocenters. The van der Waals surface area contributed by atoms with Gasteiger partial charge >= 0.3 is 101 Å². The average molecular weight is 374 g/mol. The number of hydrogen-bond donors (Lipinski definition) is 3. The van der Waals surface area contributed by atoms with Crippen molar-refractivity contribution in [3.63, 3.8) is 0 Å². The quantitative estimate of drug-likeness (QED) is 0.281. The van der Waals surface area contributed by atoms with Gasteiger partial charge in [-0.15, -0.1) is 0 Å². The number of carbonyl (C=O) groups is 5. The van der Waals surface area contributed by atoms with Gasteiger partial charge in [-0.25, -0.2) is 4.79 Å². The molecule has 0 aromatic carbocycles. The number of hydrogen-bond acceptors (Lipinski definition) is 9. The summed E-state index contributed by atoms with van der Waals surface area (Å²) in [6.07, 6.45) is -1.67. The van der Waals surface area contributed by atoms with Gasteiger partial charge in [-0.3, -0.25) is 4.79 Å². The van der Waals surface area contributed by atoms with Crippen molar-refractivity contribution in [1.82, 2.24) is 0 Å². The van der Waals surface area contributed by atoms with Crippen LogP contribution < -0.4 is 104 Å². The van der Waals surface area contributed by atoms with Crippen LogP contribution in [0, 0.1) is 0 Å². The van der Waals surface area contributed by atoms with E-state index in [4.69, 9.17) is 15.3 Å². The largest absolute Gasteiger partial charge is 1.00 e. The average Bonchev–Trinajstić information content (AvgIpc) is 2.24. The second-order valence-electron chi connectivity index (χ2n) is 3.43. The van der Waals surface area contributed by atoms with Crippen LogP contribution in [-0.4, -0.2) is 50.8 Å². The summed E-state index contributed by atoms with van der Waals surface area (Å²) in [5, 5.41) is 54.3. The van der Waals surface area contributed by atoms with Crippen molar-refractivity contribution in [1.29, 1.82) is 0 Å². The Bertz CT molecular complexity index is 443. The second-order valence-corrected chi connectivity index (χ2v) is 3.43. The van der Waals surface area contributed by atoms with Crippen molar-refractivity contribution in [3.05, 3.63) is 12.2 Å². The Morgan fingerprint density at radius 3 is 1.29 bits per heavy atom. The van der Waals surface area contributed by atoms with Crippen LogP contribution in [0.2, 0.25) is 0 Å². The summed E-state index contributed by atoms with van der Waals surface area (Å²) in [4.78, 5) is 49.2. The third kappa shape index (κ3) is 22.1. The molecule has 0 aromatic rings. The Morgan fingerprint density at radius 2 is 1.12 bits per heavy atom. The van der Waals surface area contributed by atoms with Crippen LogP contribution in [0.3, 0.4) is 0 Å². The third-order valence-electron chi connectivity index (χ3n) is 1.63. The zero-order valence-corrected chi connectivity index (χ0v) is 19.2. The molecule has 24 heavy (non-hydrogen) atoms. The van der Waals surface area contributed by atoms with E-state index < -0.39 is 48.3 Å². The maximum atomic E-state index is 10.3. The Kier molecular flexibility index (Phi) is 26.2. The minimum atomic E-state index is -2.80. The standard InChI is InChI=1S/C6H8O7.C4H4O4.3Na/c7-3(8)1-6(13,5(11)12)2-4(9)10;5-3(6)1-2-4(7)8;;;/h13H,1-2H2,(H,7,8)(H,9,10)(H,11,12);1-2H,(H,5,6)(H,7,8);;;/q;;3*+1/p-3/b;2-1+;;;. The summed E-state index contributed by atoms with van der Waals surface area (Å²) in [7, 11) is 0. The van der Waals surface area contributed by atoms with E-state index in [0.29, 0.717) is 12.2 Å². The van der Waals surface area contributed by atoms with Crippen LogP contribution in [0.5, 0.6) is 0 Å². The van der Waals surface area contributed by atoms with E-state index in [1.165, 1.54) is 0 Å². The van der Waals surface area contributed by atoms with Gasteiger partial charge < -0.3 is 45.0 Å². The van der Waals surface area contributed by atoms with Crippen molar-refractivity contribution < 1.29 is 143 Å². The van der Waals surface area contributed by atoms with Gasteiger partial charge in [-0.05, 0) is 12.2 Å². The van der Waals surface area contributed by atoms with E-state index >= 15 is 0 Å². The fraction of sp³-hybridized carbons (Fsp3) is 0.300. The number of aliphatic carboxylic acids is 5. The molecule has 3 N–H and O–H groups in total. The molecular weight excluding hydrogens is 365 g/mol. The molecule has 0 fully saturated rings. The molecule has 11 nitrogen and oxygen atoms in total. The van der Waals surface area contributed by atoms with Crippen LogP contribution in [-0.2, 0) is 24.0 Å². The maximum absolute atomic E-state index is 10.3. The van der Waals surface area contributed by atoms with E-state index in [1.807, 2.05) is 0 Å². The predicted octanol–water partition coefficient (Wildman–Crippen LogP) is -14.5. The molecule has 1 atom stereocenters. The van der Waals surface area contributed by atoms with E-state index in [0.717, 1.165) is 0 Å². The molecule has 0 saturated heterocycles. The van der Waals surface area contributed by atoms with Gasteiger partial charge in [0.2, 0.25) is 0 Å². The normalized spacial score (nSPS) is 11.0. The fourth-order valence-electron chi connectivity index (χ4n) is 0.839. The Balaban J connectivity index is -0.0000000968. The summed E-state index contributed by atoms with van der Waals surface area (Å²) in [6.45, 7) is 0. The van der Waals surface area contributed by atoms with Crippen LogP contribution in [0.25, 0.3) is 0 Å². The minimum Gasteiger partial charge on any atom is -0.550 e. The van der Waals surface area contributed by atoms with E-state index in [-0.39, 0.29) is 88.7 Å². The first-order valence-electron chi connectivity index (χ1n) is 4.88. The molecule has 0 aliphatic heterocycles. The Morgan fingerprint density at radius 1 is 0.792 bits per heavy atom. The first-order chi connectivity index (χ1) is 9.40. The monoisotopic (exact) mass is 374 g/mol. The molecule has 0 heterocycles. The van der Waals surface area contributed by atoms with Crippen molar-refractivity contribution >= 4 is 29.8 Å². The molecule has 14 heteroatoms. The smallest absolute Gasteiger partial charge is 0.550 e. The topological polar surface area (TPSA) is 215 Å². The molecule has 0 saturated carbocycles. The summed E-state index contributed by atoms with van der Waals surface area (Å²) in [6, 6.07) is 0. The van der Waals surface area contributed by atoms with Crippen molar-refractivity contribution in [2.45, 2.75) is 18.4 Å². The fourth-order valence-corrected chi connectivity index (χ4v) is 0.839. The third-order valence-corrected chi connectivity index (χ3v) is 1.63. The molecule has 0 rings (SSSR count). The van der Waals surface area contributed by atoms with Gasteiger partial charge in [0.1, 0.15) is 0 Å². The molecule has 0 amide bonds. The van der Waals surface area contributed by atoms with Gasteiger partial charge in [-0.1, -0.05) is 0 Å². The van der Waals surface area contributed by atoms with Gasteiger partial charge in [0, 0.05) is 12.4 Å². The first kappa shape index (κ1) is 35.2. The summed E-state index contributed by atoms with van der Waals surface area (Å²) >= 11 is 0. The second kappa shape index (κ2) is 17.9. The van der Waals surface area contributed by atoms with Crippen LogP contribution >= 0.6 is 0 Å². The Hall–Kier alpha value is 0.0500. The number of carbonyl (C=O) groups excluding carboxylic acids is 3. The van der Waals surface area contributed by atoms with Crippen LogP contribution in [0.15, 0.2) is 12.2 Å². The van der Waals surface area contributed by atoms with Crippen LogP contribution in [0.1, 0.15) is 12.8 Å². The van der Waals surface area contributed by atoms with E-state index in [1.54, 1.807) is 0 Å².